The van der Waals surface area contributed by atoms with Crippen molar-refractivity contribution in [3.05, 3.63) is 89.5 Å². The van der Waals surface area contributed by atoms with E-state index in [1.54, 1.807) is 54.7 Å². The SMILES string of the molecule is CCOC(=O)c1ccc2c(c1)NC(=O)/C2=C(\Nc1ccc(N(CCCNC(=O)C(F)(F)F)S(C)(=O)=O)cc1)c1ccccc1. The third kappa shape index (κ3) is 7.56. The van der Waals surface area contributed by atoms with Gasteiger partial charge in [-0.1, -0.05) is 36.4 Å². The summed E-state index contributed by atoms with van der Waals surface area (Å²) in [6, 6.07) is 20.0. The number of amides is 2. The highest BCUT2D eigenvalue weighted by Gasteiger charge is 2.38. The van der Waals surface area contributed by atoms with Gasteiger partial charge in [-0.3, -0.25) is 13.9 Å². The van der Waals surface area contributed by atoms with Crippen LogP contribution in [-0.4, -0.2) is 58.3 Å². The summed E-state index contributed by atoms with van der Waals surface area (Å²) in [6.45, 7) is 1.35. The number of sulfonamides is 1. The lowest BCUT2D eigenvalue weighted by Crippen LogP contribution is -2.39. The average Bonchev–Trinajstić information content (AvgIpc) is 3.30. The summed E-state index contributed by atoms with van der Waals surface area (Å²) >= 11 is 0. The van der Waals surface area contributed by atoms with Crippen LogP contribution in [0.2, 0.25) is 0 Å². The Morgan fingerprint density at radius 1 is 0.977 bits per heavy atom. The molecule has 0 saturated carbocycles. The van der Waals surface area contributed by atoms with Crippen molar-refractivity contribution >= 4 is 56.1 Å². The maximum Gasteiger partial charge on any atom is 0.471 e. The van der Waals surface area contributed by atoms with E-state index in [2.05, 4.69) is 10.6 Å². The van der Waals surface area contributed by atoms with Gasteiger partial charge in [0.1, 0.15) is 0 Å². The molecule has 3 N–H and O–H groups in total. The molecule has 0 saturated heterocycles. The number of carbonyl (C=O) groups is 3. The van der Waals surface area contributed by atoms with Gasteiger partial charge in [0.2, 0.25) is 10.0 Å². The first kappa shape index (κ1) is 32.1. The number of ether oxygens (including phenoxy) is 1. The summed E-state index contributed by atoms with van der Waals surface area (Å²) < 4.78 is 68.3. The summed E-state index contributed by atoms with van der Waals surface area (Å²) in [4.78, 5) is 36.5. The van der Waals surface area contributed by atoms with Gasteiger partial charge in [0.25, 0.3) is 5.91 Å². The Hall–Kier alpha value is -4.85. The molecule has 4 rings (SSSR count). The van der Waals surface area contributed by atoms with E-state index in [-0.39, 0.29) is 37.4 Å². The summed E-state index contributed by atoms with van der Waals surface area (Å²) in [6.07, 6.45) is -4.12. The lowest BCUT2D eigenvalue weighted by molar-refractivity contribution is -0.173. The average molecular weight is 631 g/mol. The minimum absolute atomic E-state index is 0.0639. The third-order valence-corrected chi connectivity index (χ3v) is 7.69. The molecule has 232 valence electrons. The van der Waals surface area contributed by atoms with Crippen LogP contribution in [0.1, 0.15) is 34.8 Å². The monoisotopic (exact) mass is 630 g/mol. The fourth-order valence-electron chi connectivity index (χ4n) is 4.51. The lowest BCUT2D eigenvalue weighted by Gasteiger charge is -2.23. The van der Waals surface area contributed by atoms with Crippen LogP contribution in [-0.2, 0) is 24.3 Å². The van der Waals surface area contributed by atoms with E-state index in [9.17, 15) is 36.0 Å². The number of nitrogens with zero attached hydrogens (tertiary/aromatic N) is 1. The second-order valence-electron chi connectivity index (χ2n) is 9.67. The van der Waals surface area contributed by atoms with E-state index in [4.69, 9.17) is 4.74 Å². The second kappa shape index (κ2) is 13.2. The van der Waals surface area contributed by atoms with Gasteiger partial charge >= 0.3 is 18.1 Å². The first-order chi connectivity index (χ1) is 20.8. The van der Waals surface area contributed by atoms with Crippen molar-refractivity contribution in [1.82, 2.24) is 5.32 Å². The molecule has 3 aromatic rings. The third-order valence-electron chi connectivity index (χ3n) is 6.49. The summed E-state index contributed by atoms with van der Waals surface area (Å²) in [5.74, 6) is -3.01. The lowest BCUT2D eigenvalue weighted by atomic mass is 9.99. The minimum Gasteiger partial charge on any atom is -0.462 e. The van der Waals surface area contributed by atoms with Crippen LogP contribution < -0.4 is 20.3 Å². The maximum absolute atomic E-state index is 13.2. The molecule has 10 nitrogen and oxygen atoms in total. The molecule has 0 aromatic heterocycles. The highest BCUT2D eigenvalue weighted by atomic mass is 32.2. The van der Waals surface area contributed by atoms with Crippen LogP contribution >= 0.6 is 0 Å². The van der Waals surface area contributed by atoms with Gasteiger partial charge in [0.05, 0.1) is 41.1 Å². The number of hydrogen-bond donors (Lipinski definition) is 3. The normalized spacial score (nSPS) is 13.9. The quantitative estimate of drug-likeness (QED) is 0.160. The van der Waals surface area contributed by atoms with Gasteiger partial charge in [-0.15, -0.1) is 0 Å². The molecule has 0 aliphatic carbocycles. The number of alkyl halides is 3. The molecule has 44 heavy (non-hydrogen) atoms. The molecular weight excluding hydrogens is 601 g/mol. The van der Waals surface area contributed by atoms with E-state index in [0.29, 0.717) is 33.8 Å². The topological polar surface area (TPSA) is 134 Å². The molecule has 0 bridgehead atoms. The van der Waals surface area contributed by atoms with E-state index in [1.807, 2.05) is 18.2 Å². The summed E-state index contributed by atoms with van der Waals surface area (Å²) in [5, 5.41) is 7.77. The minimum atomic E-state index is -5.03. The van der Waals surface area contributed by atoms with E-state index in [0.717, 1.165) is 10.6 Å². The van der Waals surface area contributed by atoms with Crippen molar-refractivity contribution in [1.29, 1.82) is 0 Å². The molecule has 1 heterocycles. The number of benzene rings is 3. The standard InChI is InChI=1S/C30H29F3N4O6S/c1-3-43-28(39)20-10-15-23-24(18-20)36-27(38)25(23)26(19-8-5-4-6-9-19)35-21-11-13-22(14-12-21)37(44(2,41)42)17-7-16-34-29(40)30(31,32)33/h4-6,8-15,18,35H,3,7,16-17H2,1-2H3,(H,34,40)(H,36,38)/b26-25-. The van der Waals surface area contributed by atoms with Crippen molar-refractivity contribution in [3.8, 4) is 0 Å². The smallest absolute Gasteiger partial charge is 0.462 e. The van der Waals surface area contributed by atoms with Crippen molar-refractivity contribution in [2.75, 3.05) is 40.9 Å². The number of halogens is 3. The number of fused-ring (bicyclic) bond motifs is 1. The highest BCUT2D eigenvalue weighted by molar-refractivity contribution is 7.92. The van der Waals surface area contributed by atoms with Crippen LogP contribution in [0.5, 0.6) is 0 Å². The predicted molar refractivity (Wildman–Crippen MR) is 160 cm³/mol. The first-order valence-electron chi connectivity index (χ1n) is 13.4. The number of esters is 1. The molecular formula is C30H29F3N4O6S. The number of carbonyl (C=O) groups excluding carboxylic acids is 3. The fourth-order valence-corrected chi connectivity index (χ4v) is 5.48. The van der Waals surface area contributed by atoms with Crippen molar-refractivity contribution in [3.63, 3.8) is 0 Å². The van der Waals surface area contributed by atoms with Gasteiger partial charge in [-0.05, 0) is 55.3 Å². The van der Waals surface area contributed by atoms with Crippen LogP contribution in [0, 0.1) is 0 Å². The molecule has 0 fully saturated rings. The Bertz CT molecular complexity index is 1690. The van der Waals surface area contributed by atoms with Gasteiger partial charge in [-0.2, -0.15) is 13.2 Å². The largest absolute Gasteiger partial charge is 0.471 e. The molecule has 0 spiro atoms. The molecule has 1 aliphatic heterocycles. The molecule has 0 radical (unpaired) electrons. The molecule has 14 heteroatoms. The number of nitrogens with one attached hydrogen (secondary N) is 3. The highest BCUT2D eigenvalue weighted by Crippen LogP contribution is 2.38. The predicted octanol–water partition coefficient (Wildman–Crippen LogP) is 4.63. The van der Waals surface area contributed by atoms with Gasteiger partial charge in [0, 0.05) is 24.3 Å². The molecule has 0 unspecified atom stereocenters. The Morgan fingerprint density at radius 2 is 1.66 bits per heavy atom. The van der Waals surface area contributed by atoms with Crippen LogP contribution in [0.15, 0.2) is 72.8 Å². The second-order valence-corrected chi connectivity index (χ2v) is 11.6. The number of rotatable bonds is 11. The van der Waals surface area contributed by atoms with Crippen LogP contribution in [0.3, 0.4) is 0 Å². The van der Waals surface area contributed by atoms with Gasteiger partial charge in [0.15, 0.2) is 0 Å². The molecule has 0 atom stereocenters. The fraction of sp³-hybridized carbons (Fsp3) is 0.233. The van der Waals surface area contributed by atoms with Gasteiger partial charge < -0.3 is 20.7 Å². The maximum atomic E-state index is 13.2. The molecule has 2 amide bonds. The van der Waals surface area contributed by atoms with E-state index in [1.165, 1.54) is 12.1 Å². The molecule has 3 aromatic carbocycles. The zero-order chi connectivity index (χ0) is 32.1. The zero-order valence-corrected chi connectivity index (χ0v) is 24.5. The number of anilines is 3. The first-order valence-corrected chi connectivity index (χ1v) is 15.3. The Kier molecular flexibility index (Phi) is 9.62. The van der Waals surface area contributed by atoms with Crippen molar-refractivity contribution < 1.29 is 40.7 Å². The van der Waals surface area contributed by atoms with E-state index >= 15 is 0 Å². The Balaban J connectivity index is 1.61. The molecule has 1 aliphatic rings. The summed E-state index contributed by atoms with van der Waals surface area (Å²) in [5.41, 5.74) is 3.52. The van der Waals surface area contributed by atoms with Gasteiger partial charge in [-0.25, -0.2) is 13.2 Å². The van der Waals surface area contributed by atoms with Crippen LogP contribution in [0.25, 0.3) is 11.3 Å². The van der Waals surface area contributed by atoms with Crippen molar-refractivity contribution in [2.24, 2.45) is 0 Å². The Morgan fingerprint density at radius 3 is 2.27 bits per heavy atom. The van der Waals surface area contributed by atoms with Crippen molar-refractivity contribution in [2.45, 2.75) is 19.5 Å². The van der Waals surface area contributed by atoms with Crippen LogP contribution in [0.4, 0.5) is 30.2 Å². The Labute approximate surface area is 251 Å². The number of hydrogen-bond acceptors (Lipinski definition) is 7. The summed E-state index contributed by atoms with van der Waals surface area (Å²) in [7, 11) is -3.81. The zero-order valence-electron chi connectivity index (χ0n) is 23.7. The van der Waals surface area contributed by atoms with E-state index < -0.39 is 34.0 Å².